The van der Waals surface area contributed by atoms with Gasteiger partial charge in [-0.05, 0) is 19.1 Å². The molecule has 0 N–H and O–H groups in total. The van der Waals surface area contributed by atoms with Crippen LogP contribution < -0.4 is 4.74 Å². The van der Waals surface area contributed by atoms with Gasteiger partial charge in [-0.25, -0.2) is 0 Å². The summed E-state index contributed by atoms with van der Waals surface area (Å²) in [4.78, 5) is 11.3. The Morgan fingerprint density at radius 3 is 2.67 bits per heavy atom. The fourth-order valence-corrected chi connectivity index (χ4v) is 1.08. The van der Waals surface area contributed by atoms with Crippen LogP contribution in [0.5, 0.6) is 5.75 Å². The number of Topliss-reactive ketones (excluding diaryl/α,β-unsaturated/α-hetero) is 1. The van der Waals surface area contributed by atoms with Gasteiger partial charge in [0.05, 0.1) is 6.61 Å². The van der Waals surface area contributed by atoms with E-state index in [2.05, 4.69) is 0 Å². The summed E-state index contributed by atoms with van der Waals surface area (Å²) in [7, 11) is 0. The molecule has 0 unspecified atom stereocenters. The van der Waals surface area contributed by atoms with Gasteiger partial charge in [0.1, 0.15) is 12.4 Å². The molecule has 0 spiro atoms. The average molecular weight is 208 g/mol. The molecule has 0 saturated carbocycles. The van der Waals surface area contributed by atoms with Crippen LogP contribution in [-0.2, 0) is 9.53 Å². The van der Waals surface area contributed by atoms with Crippen LogP contribution in [0.2, 0.25) is 0 Å². The summed E-state index contributed by atoms with van der Waals surface area (Å²) in [5, 5.41) is 0. The highest BCUT2D eigenvalue weighted by Gasteiger charge is 2.02. The highest BCUT2D eigenvalue weighted by atomic mass is 16.5. The van der Waals surface area contributed by atoms with E-state index in [0.717, 1.165) is 5.75 Å². The van der Waals surface area contributed by atoms with Gasteiger partial charge >= 0.3 is 0 Å². The lowest BCUT2D eigenvalue weighted by molar-refractivity contribution is -0.122. The van der Waals surface area contributed by atoms with Gasteiger partial charge in [-0.2, -0.15) is 0 Å². The van der Waals surface area contributed by atoms with Crippen molar-refractivity contribution in [3.8, 4) is 5.75 Å². The van der Waals surface area contributed by atoms with Crippen LogP contribution in [-0.4, -0.2) is 25.6 Å². The highest BCUT2D eigenvalue weighted by Crippen LogP contribution is 2.07. The van der Waals surface area contributed by atoms with Crippen LogP contribution in [0, 0.1) is 0 Å². The second-order valence-electron chi connectivity index (χ2n) is 3.09. The standard InChI is InChI=1S/C12H16O3/c1-2-14-9-8-11(13)10-15-12-6-4-3-5-7-12/h3-7H,2,8-10H2,1H3. The first-order chi connectivity index (χ1) is 7.33. The molecule has 0 amide bonds. The number of para-hydroxylation sites is 1. The van der Waals surface area contributed by atoms with E-state index in [9.17, 15) is 4.79 Å². The summed E-state index contributed by atoms with van der Waals surface area (Å²) in [5.41, 5.74) is 0. The molecule has 0 bridgehead atoms. The Kier molecular flexibility index (Phi) is 5.48. The molecule has 3 heteroatoms. The Hall–Kier alpha value is -1.35. The maximum Gasteiger partial charge on any atom is 0.172 e. The number of carbonyl (C=O) groups excluding carboxylic acids is 1. The van der Waals surface area contributed by atoms with E-state index in [1.807, 2.05) is 37.3 Å². The number of carbonyl (C=O) groups is 1. The van der Waals surface area contributed by atoms with Crippen LogP contribution in [0.4, 0.5) is 0 Å². The molecule has 0 heterocycles. The summed E-state index contributed by atoms with van der Waals surface area (Å²) >= 11 is 0. The molecule has 0 aliphatic heterocycles. The predicted molar refractivity (Wildman–Crippen MR) is 58.1 cm³/mol. The molecule has 3 nitrogen and oxygen atoms in total. The number of hydrogen-bond acceptors (Lipinski definition) is 3. The predicted octanol–water partition coefficient (Wildman–Crippen LogP) is 2.06. The van der Waals surface area contributed by atoms with Gasteiger partial charge in [0.25, 0.3) is 0 Å². The molecular formula is C12H16O3. The van der Waals surface area contributed by atoms with Crippen molar-refractivity contribution in [2.45, 2.75) is 13.3 Å². The van der Waals surface area contributed by atoms with Crippen molar-refractivity contribution in [2.75, 3.05) is 19.8 Å². The minimum atomic E-state index is 0.0623. The zero-order valence-corrected chi connectivity index (χ0v) is 8.94. The van der Waals surface area contributed by atoms with E-state index in [1.165, 1.54) is 0 Å². The highest BCUT2D eigenvalue weighted by molar-refractivity contribution is 5.80. The lowest BCUT2D eigenvalue weighted by Crippen LogP contribution is -2.13. The number of benzene rings is 1. The van der Waals surface area contributed by atoms with Gasteiger partial charge in [0, 0.05) is 13.0 Å². The number of ether oxygens (including phenoxy) is 2. The Morgan fingerprint density at radius 1 is 1.27 bits per heavy atom. The quantitative estimate of drug-likeness (QED) is 0.643. The van der Waals surface area contributed by atoms with Crippen molar-refractivity contribution in [3.63, 3.8) is 0 Å². The smallest absolute Gasteiger partial charge is 0.172 e. The van der Waals surface area contributed by atoms with Gasteiger partial charge in [0.2, 0.25) is 0 Å². The first-order valence-corrected chi connectivity index (χ1v) is 5.10. The van der Waals surface area contributed by atoms with Crippen molar-refractivity contribution in [1.82, 2.24) is 0 Å². The number of hydrogen-bond donors (Lipinski definition) is 0. The van der Waals surface area contributed by atoms with Crippen molar-refractivity contribution in [1.29, 1.82) is 0 Å². The van der Waals surface area contributed by atoms with Gasteiger partial charge in [0.15, 0.2) is 5.78 Å². The maximum atomic E-state index is 11.3. The Balaban J connectivity index is 2.17. The van der Waals surface area contributed by atoms with Crippen LogP contribution in [0.25, 0.3) is 0 Å². The molecule has 0 aliphatic rings. The average Bonchev–Trinajstić information content (AvgIpc) is 2.28. The van der Waals surface area contributed by atoms with Crippen LogP contribution >= 0.6 is 0 Å². The van der Waals surface area contributed by atoms with E-state index in [0.29, 0.717) is 19.6 Å². The van der Waals surface area contributed by atoms with E-state index in [4.69, 9.17) is 9.47 Å². The Morgan fingerprint density at radius 2 is 2.00 bits per heavy atom. The van der Waals surface area contributed by atoms with E-state index < -0.39 is 0 Å². The van der Waals surface area contributed by atoms with Gasteiger partial charge in [-0.15, -0.1) is 0 Å². The van der Waals surface area contributed by atoms with Crippen molar-refractivity contribution in [3.05, 3.63) is 30.3 Å². The van der Waals surface area contributed by atoms with Crippen molar-refractivity contribution in [2.24, 2.45) is 0 Å². The monoisotopic (exact) mass is 208 g/mol. The summed E-state index contributed by atoms with van der Waals surface area (Å²) in [6, 6.07) is 9.31. The Bertz CT molecular complexity index is 282. The minimum absolute atomic E-state index is 0.0623. The fraction of sp³-hybridized carbons (Fsp3) is 0.417. The third kappa shape index (κ3) is 5.18. The maximum absolute atomic E-state index is 11.3. The van der Waals surface area contributed by atoms with Crippen LogP contribution in [0.1, 0.15) is 13.3 Å². The summed E-state index contributed by atoms with van der Waals surface area (Å²) in [6.07, 6.45) is 0.417. The first-order valence-electron chi connectivity index (χ1n) is 5.10. The second kappa shape index (κ2) is 7.01. The molecule has 1 aromatic carbocycles. The molecule has 15 heavy (non-hydrogen) atoms. The molecule has 0 aliphatic carbocycles. The molecule has 0 saturated heterocycles. The summed E-state index contributed by atoms with van der Waals surface area (Å²) in [6.45, 7) is 3.16. The Labute approximate surface area is 90.0 Å². The van der Waals surface area contributed by atoms with Crippen LogP contribution in [0.3, 0.4) is 0 Å². The molecule has 0 radical (unpaired) electrons. The third-order valence-electron chi connectivity index (χ3n) is 1.87. The number of rotatable bonds is 7. The van der Waals surface area contributed by atoms with Gasteiger partial charge in [-0.3, -0.25) is 4.79 Å². The number of ketones is 1. The topological polar surface area (TPSA) is 35.5 Å². The van der Waals surface area contributed by atoms with Crippen LogP contribution in [0.15, 0.2) is 30.3 Å². The van der Waals surface area contributed by atoms with E-state index in [-0.39, 0.29) is 12.4 Å². The largest absolute Gasteiger partial charge is 0.486 e. The fourth-order valence-electron chi connectivity index (χ4n) is 1.08. The lowest BCUT2D eigenvalue weighted by Gasteiger charge is -2.04. The first kappa shape index (κ1) is 11.7. The molecular weight excluding hydrogens is 192 g/mol. The van der Waals surface area contributed by atoms with E-state index in [1.54, 1.807) is 0 Å². The normalized spacial score (nSPS) is 9.93. The van der Waals surface area contributed by atoms with E-state index >= 15 is 0 Å². The molecule has 1 rings (SSSR count). The van der Waals surface area contributed by atoms with Crippen molar-refractivity contribution >= 4 is 5.78 Å². The molecule has 0 atom stereocenters. The molecule has 82 valence electrons. The molecule has 1 aromatic rings. The van der Waals surface area contributed by atoms with Gasteiger partial charge in [-0.1, -0.05) is 18.2 Å². The third-order valence-corrected chi connectivity index (χ3v) is 1.87. The minimum Gasteiger partial charge on any atom is -0.486 e. The molecule has 0 fully saturated rings. The SMILES string of the molecule is CCOCCC(=O)COc1ccccc1. The summed E-state index contributed by atoms with van der Waals surface area (Å²) in [5.74, 6) is 0.787. The van der Waals surface area contributed by atoms with Gasteiger partial charge < -0.3 is 9.47 Å². The zero-order valence-electron chi connectivity index (χ0n) is 8.94. The lowest BCUT2D eigenvalue weighted by atomic mass is 10.3. The second-order valence-corrected chi connectivity index (χ2v) is 3.09. The van der Waals surface area contributed by atoms with Crippen molar-refractivity contribution < 1.29 is 14.3 Å². The summed E-state index contributed by atoms with van der Waals surface area (Å²) < 4.78 is 10.4. The zero-order chi connectivity index (χ0) is 10.9. The molecule has 0 aromatic heterocycles.